The van der Waals surface area contributed by atoms with E-state index in [-0.39, 0.29) is 0 Å². The number of ether oxygens (including phenoxy) is 1. The number of aromatic nitrogens is 1. The number of methoxy groups -OCH3 is 1. The Morgan fingerprint density at radius 3 is 2.60 bits per heavy atom. The van der Waals surface area contributed by atoms with Gasteiger partial charge in [0.25, 0.3) is 0 Å². The summed E-state index contributed by atoms with van der Waals surface area (Å²) in [6.45, 7) is 2.20. The first-order valence-electron chi connectivity index (χ1n) is 6.62. The van der Waals surface area contributed by atoms with Crippen LogP contribution < -0.4 is 9.64 Å². The Labute approximate surface area is 121 Å². The normalized spacial score (nSPS) is 15.2. The molecule has 0 unspecified atom stereocenters. The predicted molar refractivity (Wildman–Crippen MR) is 80.7 cm³/mol. The van der Waals surface area contributed by atoms with Crippen LogP contribution in [0.3, 0.4) is 0 Å². The fraction of sp³-hybridized carbons (Fsp3) is 0.357. The number of thiazole rings is 1. The molecule has 1 aliphatic rings. The summed E-state index contributed by atoms with van der Waals surface area (Å²) >= 11 is 1.59. The Hall–Kier alpha value is -1.95. The van der Waals surface area contributed by atoms with E-state index in [1.54, 1.807) is 24.6 Å². The number of nitrogens with zero attached hydrogens (tertiary/aromatic N) is 4. The molecule has 2 heterocycles. The average Bonchev–Trinajstić information content (AvgIpc) is 3.16. The Kier molecular flexibility index (Phi) is 3.92. The van der Waals surface area contributed by atoms with Crippen LogP contribution in [0, 0.1) is 0 Å². The summed E-state index contributed by atoms with van der Waals surface area (Å²) in [4.78, 5) is 6.71. The standard InChI is InChI=1S/C14H16N4OS/c1-19-12-6-4-11(5-7-12)16-17-13-10-15-14(20-13)18-8-2-3-9-18/h4-7,10H,2-3,8-9H2,1H3. The number of benzene rings is 1. The lowest BCUT2D eigenvalue weighted by Gasteiger charge is -2.11. The van der Waals surface area contributed by atoms with Gasteiger partial charge in [-0.1, -0.05) is 11.3 Å². The van der Waals surface area contributed by atoms with Crippen LogP contribution in [0.1, 0.15) is 12.8 Å². The lowest BCUT2D eigenvalue weighted by atomic mass is 10.3. The zero-order valence-electron chi connectivity index (χ0n) is 11.3. The van der Waals surface area contributed by atoms with Gasteiger partial charge < -0.3 is 9.64 Å². The van der Waals surface area contributed by atoms with Crippen molar-refractivity contribution in [3.8, 4) is 5.75 Å². The SMILES string of the molecule is COc1ccc(N=Nc2cnc(N3CCCC3)s2)cc1. The fourth-order valence-corrected chi connectivity index (χ4v) is 2.90. The molecule has 2 aromatic rings. The third kappa shape index (κ3) is 2.96. The third-order valence-corrected chi connectivity index (χ3v) is 4.14. The Balaban J connectivity index is 1.68. The monoisotopic (exact) mass is 288 g/mol. The van der Waals surface area contributed by atoms with E-state index >= 15 is 0 Å². The molecule has 0 saturated carbocycles. The average molecular weight is 288 g/mol. The number of hydrogen-bond acceptors (Lipinski definition) is 6. The Morgan fingerprint density at radius 1 is 1.15 bits per heavy atom. The molecule has 1 aromatic heterocycles. The van der Waals surface area contributed by atoms with Gasteiger partial charge >= 0.3 is 0 Å². The molecule has 0 N–H and O–H groups in total. The molecule has 20 heavy (non-hydrogen) atoms. The smallest absolute Gasteiger partial charge is 0.187 e. The lowest BCUT2D eigenvalue weighted by molar-refractivity contribution is 0.415. The summed E-state index contributed by atoms with van der Waals surface area (Å²) in [6.07, 6.45) is 4.29. The van der Waals surface area contributed by atoms with Crippen LogP contribution in [-0.4, -0.2) is 25.2 Å². The van der Waals surface area contributed by atoms with Gasteiger partial charge in [0.2, 0.25) is 0 Å². The van der Waals surface area contributed by atoms with Gasteiger partial charge in [-0.2, -0.15) is 0 Å². The zero-order valence-corrected chi connectivity index (χ0v) is 12.1. The van der Waals surface area contributed by atoms with Gasteiger partial charge in [0.05, 0.1) is 19.0 Å². The van der Waals surface area contributed by atoms with Crippen molar-refractivity contribution in [2.45, 2.75) is 12.8 Å². The van der Waals surface area contributed by atoms with Crippen molar-refractivity contribution in [1.82, 2.24) is 4.98 Å². The van der Waals surface area contributed by atoms with Crippen LogP contribution >= 0.6 is 11.3 Å². The van der Waals surface area contributed by atoms with Crippen molar-refractivity contribution in [1.29, 1.82) is 0 Å². The maximum Gasteiger partial charge on any atom is 0.187 e. The summed E-state index contributed by atoms with van der Waals surface area (Å²) in [5.74, 6) is 0.818. The van der Waals surface area contributed by atoms with E-state index in [4.69, 9.17) is 4.74 Å². The first-order chi connectivity index (χ1) is 9.85. The molecule has 0 atom stereocenters. The molecular formula is C14H16N4OS. The summed E-state index contributed by atoms with van der Waals surface area (Å²) in [7, 11) is 1.65. The molecule has 0 amide bonds. The maximum atomic E-state index is 5.11. The molecule has 1 aromatic carbocycles. The third-order valence-electron chi connectivity index (χ3n) is 3.19. The van der Waals surface area contributed by atoms with E-state index in [9.17, 15) is 0 Å². The number of azo groups is 1. The van der Waals surface area contributed by atoms with Crippen LogP contribution in [0.25, 0.3) is 0 Å². The minimum atomic E-state index is 0.807. The van der Waals surface area contributed by atoms with E-state index in [1.807, 2.05) is 24.3 Å². The molecule has 104 valence electrons. The lowest BCUT2D eigenvalue weighted by Crippen LogP contribution is -2.16. The van der Waals surface area contributed by atoms with Gasteiger partial charge in [0, 0.05) is 13.1 Å². The topological polar surface area (TPSA) is 50.1 Å². The molecular weight excluding hydrogens is 272 g/mol. The van der Waals surface area contributed by atoms with E-state index in [1.165, 1.54) is 12.8 Å². The highest BCUT2D eigenvalue weighted by molar-refractivity contribution is 7.19. The van der Waals surface area contributed by atoms with Crippen LogP contribution in [0.2, 0.25) is 0 Å². The van der Waals surface area contributed by atoms with E-state index in [2.05, 4.69) is 20.1 Å². The van der Waals surface area contributed by atoms with Crippen LogP contribution in [-0.2, 0) is 0 Å². The molecule has 6 heteroatoms. The number of rotatable bonds is 4. The van der Waals surface area contributed by atoms with Crippen LogP contribution in [0.5, 0.6) is 5.75 Å². The van der Waals surface area contributed by atoms with Crippen molar-refractivity contribution >= 4 is 27.2 Å². The fourth-order valence-electron chi connectivity index (χ4n) is 2.11. The molecule has 1 fully saturated rings. The molecule has 0 spiro atoms. The molecule has 1 aliphatic heterocycles. The summed E-state index contributed by atoms with van der Waals surface area (Å²) in [5, 5.41) is 10.3. The first kappa shape index (κ1) is 13.1. The van der Waals surface area contributed by atoms with Gasteiger partial charge in [-0.3, -0.25) is 0 Å². The Morgan fingerprint density at radius 2 is 1.90 bits per heavy atom. The molecule has 1 saturated heterocycles. The molecule has 0 aliphatic carbocycles. The van der Waals surface area contributed by atoms with Crippen molar-refractivity contribution < 1.29 is 4.74 Å². The molecule has 0 radical (unpaired) electrons. The van der Waals surface area contributed by atoms with E-state index in [0.717, 1.165) is 34.7 Å². The minimum absolute atomic E-state index is 0.807. The van der Waals surface area contributed by atoms with Crippen LogP contribution in [0.4, 0.5) is 15.8 Å². The van der Waals surface area contributed by atoms with Crippen molar-refractivity contribution in [2.24, 2.45) is 10.2 Å². The van der Waals surface area contributed by atoms with Gasteiger partial charge in [0.1, 0.15) is 5.75 Å². The molecule has 3 rings (SSSR count). The highest BCUT2D eigenvalue weighted by Gasteiger charge is 2.15. The second-order valence-corrected chi connectivity index (χ2v) is 5.56. The predicted octanol–water partition coefficient (Wildman–Crippen LogP) is 4.17. The molecule has 0 bridgehead atoms. The van der Waals surface area contributed by atoms with Gasteiger partial charge in [-0.15, -0.1) is 10.2 Å². The second kappa shape index (κ2) is 6.00. The number of anilines is 1. The van der Waals surface area contributed by atoms with Gasteiger partial charge in [-0.05, 0) is 37.1 Å². The molecule has 5 nitrogen and oxygen atoms in total. The van der Waals surface area contributed by atoms with Crippen LogP contribution in [0.15, 0.2) is 40.7 Å². The number of hydrogen-bond donors (Lipinski definition) is 0. The minimum Gasteiger partial charge on any atom is -0.497 e. The van der Waals surface area contributed by atoms with E-state index < -0.39 is 0 Å². The highest BCUT2D eigenvalue weighted by atomic mass is 32.1. The van der Waals surface area contributed by atoms with Crippen molar-refractivity contribution in [3.05, 3.63) is 30.5 Å². The largest absolute Gasteiger partial charge is 0.497 e. The summed E-state index contributed by atoms with van der Waals surface area (Å²) in [6, 6.07) is 7.50. The second-order valence-electron chi connectivity index (χ2n) is 4.57. The van der Waals surface area contributed by atoms with Crippen molar-refractivity contribution in [2.75, 3.05) is 25.1 Å². The quantitative estimate of drug-likeness (QED) is 0.793. The van der Waals surface area contributed by atoms with Crippen molar-refractivity contribution in [3.63, 3.8) is 0 Å². The first-order valence-corrected chi connectivity index (χ1v) is 7.43. The summed E-state index contributed by atoms with van der Waals surface area (Å²) in [5.41, 5.74) is 0.807. The Bertz CT molecular complexity index is 587. The summed E-state index contributed by atoms with van der Waals surface area (Å²) < 4.78 is 5.11. The van der Waals surface area contributed by atoms with Gasteiger partial charge in [-0.25, -0.2) is 4.98 Å². The maximum absolute atomic E-state index is 5.11. The van der Waals surface area contributed by atoms with Gasteiger partial charge in [0.15, 0.2) is 10.1 Å². The zero-order chi connectivity index (χ0) is 13.8. The highest BCUT2D eigenvalue weighted by Crippen LogP contribution is 2.32. The van der Waals surface area contributed by atoms with E-state index in [0.29, 0.717) is 0 Å².